The lowest BCUT2D eigenvalue weighted by Crippen LogP contribution is -2.33. The average Bonchev–Trinajstić information content (AvgIpc) is 3.07. The van der Waals surface area contributed by atoms with Crippen LogP contribution in [-0.2, 0) is 6.18 Å². The summed E-state index contributed by atoms with van der Waals surface area (Å²) in [5, 5.41) is 6.10. The van der Waals surface area contributed by atoms with Crippen LogP contribution in [0.1, 0.15) is 65.9 Å². The number of alkyl halides is 3. The van der Waals surface area contributed by atoms with Crippen molar-refractivity contribution in [2.45, 2.75) is 56.7 Å². The van der Waals surface area contributed by atoms with Gasteiger partial charge in [-0.15, -0.1) is 0 Å². The van der Waals surface area contributed by atoms with Crippen LogP contribution in [0, 0.1) is 0 Å². The molecule has 0 unspecified atom stereocenters. The zero-order chi connectivity index (χ0) is 17.2. The van der Waals surface area contributed by atoms with Crippen molar-refractivity contribution in [2.24, 2.45) is 0 Å². The number of hydrogen-bond acceptors (Lipinski definition) is 2. The Morgan fingerprint density at radius 1 is 1.04 bits per heavy atom. The summed E-state index contributed by atoms with van der Waals surface area (Å²) < 4.78 is 39.7. The molecule has 0 atom stereocenters. The third-order valence-electron chi connectivity index (χ3n) is 5.05. The largest absolute Gasteiger partial charge is 0.416 e. The fraction of sp³-hybridized carbons (Fsp3) is 0.611. The first-order valence-corrected chi connectivity index (χ1v) is 8.67. The smallest absolute Gasteiger partial charge is 0.349 e. The van der Waals surface area contributed by atoms with Crippen LogP contribution in [0.2, 0.25) is 0 Å². The Hall–Kier alpha value is -1.56. The molecule has 2 fully saturated rings. The number of piperidine rings is 1. The molecule has 0 aromatic heterocycles. The van der Waals surface area contributed by atoms with E-state index in [2.05, 4.69) is 10.6 Å². The van der Waals surface area contributed by atoms with Crippen molar-refractivity contribution in [3.63, 3.8) is 0 Å². The zero-order valence-corrected chi connectivity index (χ0v) is 13.6. The lowest BCUT2D eigenvalue weighted by Gasteiger charge is -2.24. The topological polar surface area (TPSA) is 41.1 Å². The number of hydrogen-bond donors (Lipinski definition) is 2. The van der Waals surface area contributed by atoms with Crippen molar-refractivity contribution in [2.75, 3.05) is 13.1 Å². The van der Waals surface area contributed by atoms with Gasteiger partial charge in [-0.3, -0.25) is 4.79 Å². The van der Waals surface area contributed by atoms with Crippen molar-refractivity contribution >= 4 is 5.91 Å². The molecular weight excluding hydrogens is 317 g/mol. The molecule has 1 saturated heterocycles. The minimum Gasteiger partial charge on any atom is -0.349 e. The van der Waals surface area contributed by atoms with Crippen molar-refractivity contribution in [3.8, 4) is 0 Å². The molecule has 3 nitrogen and oxygen atoms in total. The van der Waals surface area contributed by atoms with E-state index in [0.717, 1.165) is 57.7 Å². The van der Waals surface area contributed by atoms with Gasteiger partial charge in [-0.05, 0) is 68.5 Å². The molecule has 24 heavy (non-hydrogen) atoms. The van der Waals surface area contributed by atoms with Gasteiger partial charge in [-0.2, -0.15) is 13.2 Å². The van der Waals surface area contributed by atoms with Gasteiger partial charge < -0.3 is 10.6 Å². The van der Waals surface area contributed by atoms with Gasteiger partial charge in [0.25, 0.3) is 5.91 Å². The summed E-state index contributed by atoms with van der Waals surface area (Å²) in [6.45, 7) is 1.59. The highest BCUT2D eigenvalue weighted by molar-refractivity contribution is 5.94. The minimum absolute atomic E-state index is 0.0755. The van der Waals surface area contributed by atoms with E-state index in [0.29, 0.717) is 5.56 Å². The highest BCUT2D eigenvalue weighted by Crippen LogP contribution is 2.34. The van der Waals surface area contributed by atoms with Crippen molar-refractivity contribution in [3.05, 3.63) is 34.9 Å². The summed E-state index contributed by atoms with van der Waals surface area (Å²) in [5.74, 6) is -0.310. The van der Waals surface area contributed by atoms with Crippen LogP contribution >= 0.6 is 0 Å². The lowest BCUT2D eigenvalue weighted by atomic mass is 9.88. The summed E-state index contributed by atoms with van der Waals surface area (Å²) in [6, 6.07) is 3.93. The van der Waals surface area contributed by atoms with Crippen LogP contribution in [0.5, 0.6) is 0 Å². The molecule has 1 heterocycles. The molecule has 132 valence electrons. The SMILES string of the molecule is O=C(NC1CCCC1)c1cc(C2CCNCC2)cc(C(F)(F)F)c1. The molecular formula is C18H23F3N2O. The molecule has 2 N–H and O–H groups in total. The van der Waals surface area contributed by atoms with Crippen molar-refractivity contribution in [1.82, 2.24) is 10.6 Å². The second-order valence-electron chi connectivity index (χ2n) is 6.82. The molecule has 2 aliphatic rings. The number of benzene rings is 1. The van der Waals surface area contributed by atoms with E-state index in [9.17, 15) is 18.0 Å². The maximum atomic E-state index is 13.2. The Kier molecular flexibility index (Phi) is 5.13. The molecule has 6 heteroatoms. The first-order valence-electron chi connectivity index (χ1n) is 8.67. The molecule has 1 aromatic carbocycles. The number of amides is 1. The van der Waals surface area contributed by atoms with Crippen LogP contribution in [0.15, 0.2) is 18.2 Å². The quantitative estimate of drug-likeness (QED) is 0.878. The van der Waals surface area contributed by atoms with Crippen molar-refractivity contribution in [1.29, 1.82) is 0 Å². The zero-order valence-electron chi connectivity index (χ0n) is 13.6. The van der Waals surface area contributed by atoms with Crippen LogP contribution in [0.4, 0.5) is 13.2 Å². The minimum atomic E-state index is -4.44. The molecule has 1 aliphatic heterocycles. The fourth-order valence-corrected chi connectivity index (χ4v) is 3.68. The summed E-state index contributed by atoms with van der Waals surface area (Å²) in [5.41, 5.74) is 0.0308. The van der Waals surface area contributed by atoms with Gasteiger partial charge in [0.1, 0.15) is 0 Å². The summed E-state index contributed by atoms with van der Waals surface area (Å²) in [4.78, 5) is 12.4. The summed E-state index contributed by atoms with van der Waals surface area (Å²) in [6.07, 6.45) is 1.10. The van der Waals surface area contributed by atoms with Crippen LogP contribution in [-0.4, -0.2) is 25.0 Å². The third kappa shape index (κ3) is 4.09. The lowest BCUT2D eigenvalue weighted by molar-refractivity contribution is -0.137. The van der Waals surface area contributed by atoms with Crippen molar-refractivity contribution < 1.29 is 18.0 Å². The average molecular weight is 340 g/mol. The normalized spacial score (nSPS) is 20.3. The predicted octanol–water partition coefficient (Wildman–Crippen LogP) is 3.84. The number of carbonyl (C=O) groups excluding carboxylic acids is 1. The second-order valence-corrected chi connectivity index (χ2v) is 6.82. The van der Waals surface area contributed by atoms with Crippen LogP contribution < -0.4 is 10.6 Å². The Labute approximate surface area is 140 Å². The number of rotatable bonds is 3. The van der Waals surface area contributed by atoms with Gasteiger partial charge in [0.05, 0.1) is 5.56 Å². The van der Waals surface area contributed by atoms with Crippen LogP contribution in [0.3, 0.4) is 0 Å². The highest BCUT2D eigenvalue weighted by atomic mass is 19.4. The van der Waals surface area contributed by atoms with E-state index >= 15 is 0 Å². The van der Waals surface area contributed by atoms with Crippen LogP contribution in [0.25, 0.3) is 0 Å². The Balaban J connectivity index is 1.87. The maximum Gasteiger partial charge on any atom is 0.416 e. The standard InChI is InChI=1S/C18H23F3N2O/c19-18(20,21)15-10-13(12-5-7-22-8-6-12)9-14(11-15)17(24)23-16-3-1-2-4-16/h9-12,16,22H,1-8H2,(H,23,24). The van der Waals surface area contributed by atoms with Gasteiger partial charge in [0.15, 0.2) is 0 Å². The fourth-order valence-electron chi connectivity index (χ4n) is 3.68. The molecule has 0 spiro atoms. The van der Waals surface area contributed by atoms with Gasteiger partial charge in [0.2, 0.25) is 0 Å². The Morgan fingerprint density at radius 3 is 2.33 bits per heavy atom. The molecule has 0 radical (unpaired) electrons. The van der Waals surface area contributed by atoms with Gasteiger partial charge in [-0.1, -0.05) is 12.8 Å². The Bertz CT molecular complexity index is 588. The molecule has 0 bridgehead atoms. The first kappa shape index (κ1) is 17.3. The number of nitrogens with one attached hydrogen (secondary N) is 2. The highest BCUT2D eigenvalue weighted by Gasteiger charge is 2.33. The van der Waals surface area contributed by atoms with E-state index in [4.69, 9.17) is 0 Å². The molecule has 1 saturated carbocycles. The van der Waals surface area contributed by atoms with Gasteiger partial charge >= 0.3 is 6.18 Å². The molecule has 3 rings (SSSR count). The summed E-state index contributed by atoms with van der Waals surface area (Å²) >= 11 is 0. The second kappa shape index (κ2) is 7.13. The maximum absolute atomic E-state index is 13.2. The third-order valence-corrected chi connectivity index (χ3v) is 5.05. The van der Waals surface area contributed by atoms with E-state index in [-0.39, 0.29) is 23.4 Å². The van der Waals surface area contributed by atoms with Gasteiger partial charge in [0, 0.05) is 11.6 Å². The van der Waals surface area contributed by atoms with E-state index < -0.39 is 11.7 Å². The number of carbonyl (C=O) groups is 1. The predicted molar refractivity (Wildman–Crippen MR) is 86.0 cm³/mol. The first-order chi connectivity index (χ1) is 11.4. The van der Waals surface area contributed by atoms with Gasteiger partial charge in [-0.25, -0.2) is 0 Å². The summed E-state index contributed by atoms with van der Waals surface area (Å²) in [7, 11) is 0. The van der Waals surface area contributed by atoms with E-state index in [1.54, 1.807) is 6.07 Å². The molecule has 1 aliphatic carbocycles. The Morgan fingerprint density at radius 2 is 1.71 bits per heavy atom. The van der Waals surface area contributed by atoms with E-state index in [1.165, 1.54) is 6.07 Å². The molecule has 1 amide bonds. The van der Waals surface area contributed by atoms with E-state index in [1.807, 2.05) is 0 Å². The molecule has 1 aromatic rings. The monoisotopic (exact) mass is 340 g/mol. The number of halogens is 3.